The summed E-state index contributed by atoms with van der Waals surface area (Å²) in [6, 6.07) is 16.2. The van der Waals surface area contributed by atoms with Gasteiger partial charge in [0.15, 0.2) is 0 Å². The van der Waals surface area contributed by atoms with Crippen LogP contribution < -0.4 is 0 Å². The minimum Gasteiger partial charge on any atom is -0.265 e. The van der Waals surface area contributed by atoms with Gasteiger partial charge in [0.05, 0.1) is 0 Å². The van der Waals surface area contributed by atoms with Crippen LogP contribution in [0.3, 0.4) is 0 Å². The Morgan fingerprint density at radius 3 is 1.60 bits per heavy atom. The molecule has 0 radical (unpaired) electrons. The minimum absolute atomic E-state index is 0.659. The number of pyridine rings is 1. The third kappa shape index (κ3) is 4.96. The van der Waals surface area contributed by atoms with Crippen LogP contribution in [0.15, 0.2) is 60.9 Å². The Kier molecular flexibility index (Phi) is 5.16. The highest BCUT2D eigenvalue weighted by molar-refractivity contribution is 5.17. The molecular weight excluding hydrogens is 182 g/mol. The van der Waals surface area contributed by atoms with Crippen molar-refractivity contribution in [3.05, 3.63) is 66.5 Å². The van der Waals surface area contributed by atoms with Crippen molar-refractivity contribution in [1.29, 1.82) is 0 Å². The highest BCUT2D eigenvalue weighted by atomic mass is 14.6. The molecule has 0 saturated carbocycles. The van der Waals surface area contributed by atoms with Gasteiger partial charge in [-0.15, -0.1) is 0 Å². The lowest BCUT2D eigenvalue weighted by atomic mass is 10.0. The molecule has 0 atom stereocenters. The molecule has 0 aliphatic carbocycles. The maximum absolute atomic E-state index is 3.78. The molecule has 1 nitrogen and oxygen atoms in total. The Hall–Kier alpha value is -1.63. The van der Waals surface area contributed by atoms with Crippen molar-refractivity contribution in [1.82, 2.24) is 4.98 Å². The van der Waals surface area contributed by atoms with Crippen LogP contribution in [-0.2, 0) is 0 Å². The molecule has 0 fully saturated rings. The number of hydrogen-bond acceptors (Lipinski definition) is 1. The molecule has 0 amide bonds. The monoisotopic (exact) mass is 199 g/mol. The fourth-order valence-electron chi connectivity index (χ4n) is 1.15. The minimum atomic E-state index is 0.659. The summed E-state index contributed by atoms with van der Waals surface area (Å²) in [5, 5.41) is 0. The average molecular weight is 199 g/mol. The van der Waals surface area contributed by atoms with Crippen molar-refractivity contribution in [3.63, 3.8) is 0 Å². The molecule has 2 rings (SSSR count). The topological polar surface area (TPSA) is 12.9 Å². The van der Waals surface area contributed by atoms with Crippen LogP contribution in [0.2, 0.25) is 0 Å². The fourth-order valence-corrected chi connectivity index (χ4v) is 1.15. The molecule has 0 aliphatic heterocycles. The second kappa shape index (κ2) is 6.77. The van der Waals surface area contributed by atoms with E-state index in [1.165, 1.54) is 5.56 Å². The number of nitrogens with zero attached hydrogens (tertiary/aromatic N) is 1. The summed E-state index contributed by atoms with van der Waals surface area (Å²) < 4.78 is 0. The largest absolute Gasteiger partial charge is 0.265 e. The quantitative estimate of drug-likeness (QED) is 0.679. The lowest BCUT2D eigenvalue weighted by molar-refractivity contribution is 0.867. The number of aromatic nitrogens is 1. The second-order valence-electron chi connectivity index (χ2n) is 3.59. The Morgan fingerprint density at radius 1 is 0.800 bits per heavy atom. The third-order valence-electron chi connectivity index (χ3n) is 2.03. The maximum Gasteiger partial charge on any atom is 0.0267 e. The molecule has 0 bridgehead atoms. The van der Waals surface area contributed by atoms with Gasteiger partial charge in [0.25, 0.3) is 0 Å². The van der Waals surface area contributed by atoms with Crippen LogP contribution in [0.5, 0.6) is 0 Å². The van der Waals surface area contributed by atoms with Gasteiger partial charge >= 0.3 is 0 Å². The molecule has 78 valence electrons. The number of rotatable bonds is 1. The zero-order valence-corrected chi connectivity index (χ0v) is 9.30. The SMILES string of the molecule is CC(C)c1ccccc1.c1ccncc1. The van der Waals surface area contributed by atoms with E-state index in [0.29, 0.717) is 5.92 Å². The summed E-state index contributed by atoms with van der Waals surface area (Å²) in [4.78, 5) is 3.78. The molecule has 1 heteroatoms. The van der Waals surface area contributed by atoms with Gasteiger partial charge in [-0.1, -0.05) is 50.2 Å². The summed E-state index contributed by atoms with van der Waals surface area (Å²) >= 11 is 0. The van der Waals surface area contributed by atoms with Crippen LogP contribution in [0.25, 0.3) is 0 Å². The van der Waals surface area contributed by atoms with E-state index in [1.807, 2.05) is 24.3 Å². The van der Waals surface area contributed by atoms with Crippen molar-refractivity contribution in [2.75, 3.05) is 0 Å². The van der Waals surface area contributed by atoms with Crippen molar-refractivity contribution in [3.8, 4) is 0 Å². The van der Waals surface area contributed by atoms with Gasteiger partial charge in [-0.2, -0.15) is 0 Å². The zero-order chi connectivity index (χ0) is 10.9. The van der Waals surface area contributed by atoms with Crippen molar-refractivity contribution in [2.24, 2.45) is 0 Å². The van der Waals surface area contributed by atoms with Gasteiger partial charge in [-0.05, 0) is 23.6 Å². The average Bonchev–Trinajstić information content (AvgIpc) is 2.33. The first-order valence-electron chi connectivity index (χ1n) is 5.20. The van der Waals surface area contributed by atoms with Crippen molar-refractivity contribution in [2.45, 2.75) is 19.8 Å². The molecule has 1 aromatic heterocycles. The Balaban J connectivity index is 0.000000162. The standard InChI is InChI=1S/C9H12.C5H5N/c1-8(2)9-6-4-3-5-7-9;1-2-4-6-5-3-1/h3-8H,1-2H3;1-5H. The van der Waals surface area contributed by atoms with Gasteiger partial charge in [0.1, 0.15) is 0 Å². The molecule has 15 heavy (non-hydrogen) atoms. The normalized spacial score (nSPS) is 9.27. The van der Waals surface area contributed by atoms with E-state index in [-0.39, 0.29) is 0 Å². The Labute approximate surface area is 91.8 Å². The van der Waals surface area contributed by atoms with Crippen LogP contribution in [0, 0.1) is 0 Å². The van der Waals surface area contributed by atoms with E-state index >= 15 is 0 Å². The summed E-state index contributed by atoms with van der Waals surface area (Å²) in [6.07, 6.45) is 3.50. The summed E-state index contributed by atoms with van der Waals surface area (Å²) in [5.41, 5.74) is 1.41. The molecular formula is C14H17N. The van der Waals surface area contributed by atoms with Gasteiger partial charge < -0.3 is 0 Å². The van der Waals surface area contributed by atoms with Crippen molar-refractivity contribution < 1.29 is 0 Å². The molecule has 0 unspecified atom stereocenters. The van der Waals surface area contributed by atoms with E-state index in [0.717, 1.165) is 0 Å². The first-order valence-corrected chi connectivity index (χ1v) is 5.20. The van der Waals surface area contributed by atoms with E-state index in [9.17, 15) is 0 Å². The van der Waals surface area contributed by atoms with E-state index in [4.69, 9.17) is 0 Å². The highest BCUT2D eigenvalue weighted by Gasteiger charge is 1.93. The van der Waals surface area contributed by atoms with Gasteiger partial charge in [-0.25, -0.2) is 0 Å². The lowest BCUT2D eigenvalue weighted by Gasteiger charge is -2.01. The van der Waals surface area contributed by atoms with E-state index in [1.54, 1.807) is 12.4 Å². The molecule has 0 spiro atoms. The predicted molar refractivity (Wildman–Crippen MR) is 64.8 cm³/mol. The van der Waals surface area contributed by atoms with Crippen LogP contribution in [0.4, 0.5) is 0 Å². The first kappa shape index (κ1) is 11.4. The van der Waals surface area contributed by atoms with Gasteiger partial charge in [0.2, 0.25) is 0 Å². The number of benzene rings is 1. The maximum atomic E-state index is 3.78. The second-order valence-corrected chi connectivity index (χ2v) is 3.59. The fraction of sp³-hybridized carbons (Fsp3) is 0.214. The van der Waals surface area contributed by atoms with Gasteiger partial charge in [0, 0.05) is 12.4 Å². The Bertz CT molecular complexity index is 314. The van der Waals surface area contributed by atoms with Crippen LogP contribution in [-0.4, -0.2) is 4.98 Å². The smallest absolute Gasteiger partial charge is 0.0267 e. The molecule has 1 heterocycles. The summed E-state index contributed by atoms with van der Waals surface area (Å²) in [7, 11) is 0. The lowest BCUT2D eigenvalue weighted by Crippen LogP contribution is -1.83. The van der Waals surface area contributed by atoms with Crippen LogP contribution >= 0.6 is 0 Å². The van der Waals surface area contributed by atoms with Crippen molar-refractivity contribution >= 4 is 0 Å². The Morgan fingerprint density at radius 2 is 1.33 bits per heavy atom. The summed E-state index contributed by atoms with van der Waals surface area (Å²) in [6.45, 7) is 4.41. The molecule has 2 aromatic rings. The van der Waals surface area contributed by atoms with Gasteiger partial charge in [-0.3, -0.25) is 4.98 Å². The zero-order valence-electron chi connectivity index (χ0n) is 9.30. The predicted octanol–water partition coefficient (Wildman–Crippen LogP) is 3.89. The van der Waals surface area contributed by atoms with E-state index in [2.05, 4.69) is 43.1 Å². The molecule has 0 N–H and O–H groups in total. The molecule has 0 aliphatic rings. The highest BCUT2D eigenvalue weighted by Crippen LogP contribution is 2.11. The number of hydrogen-bond donors (Lipinski definition) is 0. The first-order chi connectivity index (χ1) is 7.30. The molecule has 1 aromatic carbocycles. The van der Waals surface area contributed by atoms with E-state index < -0.39 is 0 Å². The van der Waals surface area contributed by atoms with Crippen LogP contribution in [0.1, 0.15) is 25.3 Å². The summed E-state index contributed by atoms with van der Waals surface area (Å²) in [5.74, 6) is 0.659. The molecule has 0 saturated heterocycles. The third-order valence-corrected chi connectivity index (χ3v) is 2.03.